The number of rotatable bonds is 3. The summed E-state index contributed by atoms with van der Waals surface area (Å²) >= 11 is 0. The summed E-state index contributed by atoms with van der Waals surface area (Å²) in [5.41, 5.74) is 2.13. The molecule has 0 fully saturated rings. The highest BCUT2D eigenvalue weighted by Crippen LogP contribution is 2.29. The van der Waals surface area contributed by atoms with E-state index in [1.807, 2.05) is 17.0 Å². The van der Waals surface area contributed by atoms with Crippen LogP contribution in [0.25, 0.3) is 0 Å². The lowest BCUT2D eigenvalue weighted by Crippen LogP contribution is -2.27. The topological polar surface area (TPSA) is 54.3 Å². The molecule has 2 rings (SSSR count). The molecule has 0 spiro atoms. The Kier molecular flexibility index (Phi) is 4.06. The minimum Gasteiger partial charge on any atom is -0.388 e. The molecule has 96 valence electrons. The zero-order chi connectivity index (χ0) is 13.0. The lowest BCUT2D eigenvalue weighted by atomic mass is 10.1. The van der Waals surface area contributed by atoms with E-state index in [-0.39, 0.29) is 19.0 Å². The first-order chi connectivity index (χ1) is 8.70. The number of nitrogens with zero attached hydrogens (tertiary/aromatic N) is 1. The van der Waals surface area contributed by atoms with Gasteiger partial charge >= 0.3 is 0 Å². The molecule has 4 nitrogen and oxygen atoms in total. The van der Waals surface area contributed by atoms with E-state index in [1.54, 1.807) is 0 Å². The van der Waals surface area contributed by atoms with Gasteiger partial charge in [0.15, 0.2) is 0 Å². The Morgan fingerprint density at radius 3 is 3.17 bits per heavy atom. The molecule has 0 saturated carbocycles. The van der Waals surface area contributed by atoms with Crippen molar-refractivity contribution in [3.63, 3.8) is 0 Å². The normalized spacial score (nSPS) is 18.6. The molecule has 4 heteroatoms. The fourth-order valence-corrected chi connectivity index (χ4v) is 2.35. The van der Waals surface area contributed by atoms with Gasteiger partial charge in [-0.2, -0.15) is 0 Å². The second-order valence-corrected chi connectivity index (χ2v) is 4.65. The summed E-state index contributed by atoms with van der Waals surface area (Å²) in [7, 11) is 0. The molecule has 0 aromatic carbocycles. The van der Waals surface area contributed by atoms with E-state index in [0.29, 0.717) is 0 Å². The van der Waals surface area contributed by atoms with Crippen molar-refractivity contribution in [2.45, 2.75) is 38.3 Å². The maximum absolute atomic E-state index is 11.5. The molecule has 1 heterocycles. The zero-order valence-electron chi connectivity index (χ0n) is 10.4. The predicted octanol–water partition coefficient (Wildman–Crippen LogP) is 0.997. The summed E-state index contributed by atoms with van der Waals surface area (Å²) in [5, 5.41) is 12.6. The fourth-order valence-electron chi connectivity index (χ4n) is 2.35. The van der Waals surface area contributed by atoms with Gasteiger partial charge in [-0.15, -0.1) is 6.42 Å². The first kappa shape index (κ1) is 12.7. The summed E-state index contributed by atoms with van der Waals surface area (Å²) < 4.78 is 1.82. The van der Waals surface area contributed by atoms with Crippen LogP contribution in [-0.4, -0.2) is 22.1 Å². The molecule has 0 saturated heterocycles. The van der Waals surface area contributed by atoms with Gasteiger partial charge in [0.1, 0.15) is 6.54 Å². The van der Waals surface area contributed by atoms with Crippen molar-refractivity contribution in [2.75, 3.05) is 6.54 Å². The van der Waals surface area contributed by atoms with Gasteiger partial charge in [-0.05, 0) is 24.8 Å². The van der Waals surface area contributed by atoms with E-state index >= 15 is 0 Å². The largest absolute Gasteiger partial charge is 0.388 e. The van der Waals surface area contributed by atoms with Crippen molar-refractivity contribution in [3.05, 3.63) is 23.5 Å². The lowest BCUT2D eigenvalue weighted by Gasteiger charge is -2.06. The van der Waals surface area contributed by atoms with Crippen LogP contribution in [0.15, 0.2) is 12.4 Å². The summed E-state index contributed by atoms with van der Waals surface area (Å²) in [6, 6.07) is 0. The smallest absolute Gasteiger partial charge is 0.240 e. The van der Waals surface area contributed by atoms with Gasteiger partial charge in [0.2, 0.25) is 5.91 Å². The number of nitrogens with one attached hydrogen (secondary N) is 1. The van der Waals surface area contributed by atoms with Crippen LogP contribution in [0.1, 0.15) is 36.5 Å². The van der Waals surface area contributed by atoms with Crippen LogP contribution in [0.3, 0.4) is 0 Å². The van der Waals surface area contributed by atoms with Gasteiger partial charge in [-0.3, -0.25) is 4.79 Å². The Bertz CT molecular complexity index is 471. The van der Waals surface area contributed by atoms with E-state index < -0.39 is 6.10 Å². The average molecular weight is 246 g/mol. The van der Waals surface area contributed by atoms with Crippen molar-refractivity contribution in [1.82, 2.24) is 9.88 Å². The number of aryl methyl sites for hydroxylation is 1. The number of carbonyl (C=O) groups excluding carboxylic acids is 1. The molecule has 1 atom stereocenters. The van der Waals surface area contributed by atoms with Crippen LogP contribution in [0.2, 0.25) is 0 Å². The third-order valence-electron chi connectivity index (χ3n) is 3.24. The molecule has 2 N–H and O–H groups in total. The van der Waals surface area contributed by atoms with Crippen molar-refractivity contribution < 1.29 is 9.90 Å². The van der Waals surface area contributed by atoms with Gasteiger partial charge in [0.25, 0.3) is 0 Å². The fraction of sp³-hybridized carbons (Fsp3) is 0.500. The first-order valence-electron chi connectivity index (χ1n) is 6.27. The molecular weight excluding hydrogens is 228 g/mol. The molecular formula is C14H18N2O2. The molecule has 1 aliphatic rings. The molecule has 1 amide bonds. The van der Waals surface area contributed by atoms with Crippen molar-refractivity contribution in [2.24, 2.45) is 0 Å². The van der Waals surface area contributed by atoms with Crippen molar-refractivity contribution in [3.8, 4) is 12.3 Å². The number of aliphatic hydroxyl groups excluding tert-OH is 1. The summed E-state index contributed by atoms with van der Waals surface area (Å²) in [4.78, 5) is 11.5. The Morgan fingerprint density at radius 2 is 2.39 bits per heavy atom. The second kappa shape index (κ2) is 5.74. The molecule has 0 bridgehead atoms. The SMILES string of the molecule is C#CCNC(=O)Cn1cc2c(c1)C(O)CCCC2. The molecule has 18 heavy (non-hydrogen) atoms. The van der Waals surface area contributed by atoms with Crippen LogP contribution >= 0.6 is 0 Å². The first-order valence-corrected chi connectivity index (χ1v) is 6.27. The molecule has 1 unspecified atom stereocenters. The van der Waals surface area contributed by atoms with Crippen molar-refractivity contribution in [1.29, 1.82) is 0 Å². The van der Waals surface area contributed by atoms with E-state index in [0.717, 1.165) is 36.8 Å². The highest BCUT2D eigenvalue weighted by molar-refractivity contribution is 5.76. The monoisotopic (exact) mass is 246 g/mol. The Balaban J connectivity index is 2.05. The van der Waals surface area contributed by atoms with E-state index in [2.05, 4.69) is 11.2 Å². The van der Waals surface area contributed by atoms with Gasteiger partial charge in [-0.1, -0.05) is 12.3 Å². The van der Waals surface area contributed by atoms with Crippen LogP contribution < -0.4 is 5.32 Å². The third kappa shape index (κ3) is 2.93. The number of aliphatic hydroxyl groups is 1. The summed E-state index contributed by atoms with van der Waals surface area (Å²) in [5.74, 6) is 2.26. The molecule has 0 aliphatic heterocycles. The third-order valence-corrected chi connectivity index (χ3v) is 3.24. The predicted molar refractivity (Wildman–Crippen MR) is 68.8 cm³/mol. The Labute approximate surface area is 107 Å². The van der Waals surface area contributed by atoms with Crippen molar-refractivity contribution >= 4 is 5.91 Å². The number of hydrogen-bond donors (Lipinski definition) is 2. The molecule has 1 aromatic rings. The number of terminal acetylenes is 1. The van der Waals surface area contributed by atoms with Crippen LogP contribution in [-0.2, 0) is 17.8 Å². The Morgan fingerprint density at radius 1 is 1.56 bits per heavy atom. The van der Waals surface area contributed by atoms with Crippen LogP contribution in [0, 0.1) is 12.3 Å². The van der Waals surface area contributed by atoms with Crippen LogP contribution in [0.5, 0.6) is 0 Å². The maximum Gasteiger partial charge on any atom is 0.240 e. The zero-order valence-corrected chi connectivity index (χ0v) is 10.4. The quantitative estimate of drug-likeness (QED) is 0.617. The number of carbonyl (C=O) groups is 1. The number of hydrogen-bond acceptors (Lipinski definition) is 2. The van der Waals surface area contributed by atoms with Gasteiger partial charge in [0.05, 0.1) is 12.6 Å². The lowest BCUT2D eigenvalue weighted by molar-refractivity contribution is -0.121. The average Bonchev–Trinajstić information content (AvgIpc) is 2.67. The second-order valence-electron chi connectivity index (χ2n) is 4.65. The van der Waals surface area contributed by atoms with E-state index in [9.17, 15) is 9.90 Å². The number of aromatic nitrogens is 1. The minimum atomic E-state index is -0.391. The van der Waals surface area contributed by atoms with Gasteiger partial charge in [0, 0.05) is 18.0 Å². The number of fused-ring (bicyclic) bond motifs is 1. The molecule has 1 aliphatic carbocycles. The Hall–Kier alpha value is -1.73. The van der Waals surface area contributed by atoms with Gasteiger partial charge in [-0.25, -0.2) is 0 Å². The summed E-state index contributed by atoms with van der Waals surface area (Å²) in [6.07, 6.45) is 12.5. The van der Waals surface area contributed by atoms with Gasteiger partial charge < -0.3 is 15.0 Å². The number of amides is 1. The highest BCUT2D eigenvalue weighted by Gasteiger charge is 2.18. The van der Waals surface area contributed by atoms with Crippen LogP contribution in [0.4, 0.5) is 0 Å². The van der Waals surface area contributed by atoms with E-state index in [1.165, 1.54) is 0 Å². The van der Waals surface area contributed by atoms with E-state index in [4.69, 9.17) is 6.42 Å². The minimum absolute atomic E-state index is 0.104. The summed E-state index contributed by atoms with van der Waals surface area (Å²) in [6.45, 7) is 0.504. The molecule has 1 aromatic heterocycles. The standard InChI is InChI=1S/C14H18N2O2/c1-2-7-15-14(18)10-16-8-11-5-3-4-6-13(17)12(11)9-16/h1,8-9,13,17H,3-7,10H2,(H,15,18). The maximum atomic E-state index is 11.5. The highest BCUT2D eigenvalue weighted by atomic mass is 16.3. The molecule has 0 radical (unpaired) electrons.